The van der Waals surface area contributed by atoms with E-state index in [2.05, 4.69) is 25.7 Å². The summed E-state index contributed by atoms with van der Waals surface area (Å²) < 4.78 is 14.8. The molecule has 12 heteroatoms. The molecule has 0 radical (unpaired) electrons. The molecule has 3 rings (SSSR count). The van der Waals surface area contributed by atoms with Gasteiger partial charge >= 0.3 is 6.03 Å². The Morgan fingerprint density at radius 1 is 1.34 bits per heavy atom. The number of hydrogen-bond donors (Lipinski definition) is 2. The van der Waals surface area contributed by atoms with Crippen LogP contribution in [0.15, 0.2) is 24.4 Å². The van der Waals surface area contributed by atoms with Crippen molar-refractivity contribution >= 4 is 29.2 Å². The third-order valence-corrected chi connectivity index (χ3v) is 4.53. The predicted octanol–water partition coefficient (Wildman–Crippen LogP) is 3.48. The second-order valence-corrected chi connectivity index (χ2v) is 7.04. The second kappa shape index (κ2) is 8.27. The third kappa shape index (κ3) is 4.44. The van der Waals surface area contributed by atoms with Crippen molar-refractivity contribution in [2.24, 2.45) is 7.05 Å². The first-order chi connectivity index (χ1) is 13.7. The fourth-order valence-electron chi connectivity index (χ4n) is 2.67. The van der Waals surface area contributed by atoms with Gasteiger partial charge in [-0.05, 0) is 35.9 Å². The van der Waals surface area contributed by atoms with Gasteiger partial charge in [-0.25, -0.2) is 14.2 Å². The van der Waals surface area contributed by atoms with Gasteiger partial charge in [0.25, 0.3) is 0 Å². The molecule has 29 heavy (non-hydrogen) atoms. The van der Waals surface area contributed by atoms with Crippen molar-refractivity contribution in [3.05, 3.63) is 46.0 Å². The molecule has 1 aromatic carbocycles. The van der Waals surface area contributed by atoms with Gasteiger partial charge < -0.3 is 5.32 Å². The van der Waals surface area contributed by atoms with Crippen LogP contribution in [0.25, 0.3) is 22.5 Å². The number of hydrogen-bond acceptors (Lipinski definition) is 6. The summed E-state index contributed by atoms with van der Waals surface area (Å²) in [4.78, 5) is 17.0. The lowest BCUT2D eigenvalue weighted by atomic mass is 9.99. The summed E-state index contributed by atoms with van der Waals surface area (Å²) in [5.74, 6) is -0.412. The van der Waals surface area contributed by atoms with Crippen LogP contribution in [0, 0.1) is 5.82 Å². The van der Waals surface area contributed by atoms with E-state index in [0.29, 0.717) is 26.8 Å². The topological polar surface area (TPSA) is 109 Å². The van der Waals surface area contributed by atoms with Gasteiger partial charge in [0.1, 0.15) is 5.82 Å². The maximum Gasteiger partial charge on any atom is 0.341 e. The summed E-state index contributed by atoms with van der Waals surface area (Å²) in [6.45, 7) is 1.54. The minimum atomic E-state index is -0.791. The Bertz CT molecular complexity index is 1070. The number of halogens is 3. The maximum atomic E-state index is 14.8. The Morgan fingerprint density at radius 2 is 2.07 bits per heavy atom. The molecular formula is C17H16Cl2FN7O2. The van der Waals surface area contributed by atoms with Crippen LogP contribution in [0.4, 0.5) is 9.18 Å². The Morgan fingerprint density at radius 3 is 2.66 bits per heavy atom. The van der Waals surface area contributed by atoms with Gasteiger partial charge in [0.05, 0.1) is 23.8 Å². The SMILES string of the molecule is CC(NC(=O)N(C)O)c1ncc(-c2cc(Cl)cc(Cl)c2-c2nnn(C)n2)cc1F. The molecule has 3 aromatic rings. The molecule has 0 aliphatic carbocycles. The first-order valence-electron chi connectivity index (χ1n) is 8.29. The van der Waals surface area contributed by atoms with E-state index in [9.17, 15) is 9.18 Å². The lowest BCUT2D eigenvalue weighted by Gasteiger charge is -2.17. The molecule has 0 saturated carbocycles. The zero-order chi connectivity index (χ0) is 21.3. The predicted molar refractivity (Wildman–Crippen MR) is 104 cm³/mol. The number of urea groups is 1. The van der Waals surface area contributed by atoms with E-state index in [1.165, 1.54) is 30.0 Å². The number of aromatic nitrogens is 5. The van der Waals surface area contributed by atoms with Crippen molar-refractivity contribution in [3.8, 4) is 22.5 Å². The number of carbonyl (C=O) groups excluding carboxylic acids is 1. The highest BCUT2D eigenvalue weighted by Crippen LogP contribution is 2.38. The molecule has 2 heterocycles. The molecule has 152 valence electrons. The Balaban J connectivity index is 2.04. The van der Waals surface area contributed by atoms with Gasteiger partial charge in [0.15, 0.2) is 0 Å². The Kier molecular flexibility index (Phi) is 5.96. The number of benzene rings is 1. The van der Waals surface area contributed by atoms with E-state index in [0.717, 1.165) is 7.05 Å². The number of rotatable bonds is 4. The first kappa shape index (κ1) is 20.9. The highest BCUT2D eigenvalue weighted by molar-refractivity contribution is 6.37. The van der Waals surface area contributed by atoms with Crippen LogP contribution >= 0.6 is 23.2 Å². The van der Waals surface area contributed by atoms with Gasteiger partial charge in [-0.1, -0.05) is 23.2 Å². The highest BCUT2D eigenvalue weighted by Gasteiger charge is 2.21. The van der Waals surface area contributed by atoms with E-state index in [4.69, 9.17) is 28.4 Å². The zero-order valence-corrected chi connectivity index (χ0v) is 17.1. The summed E-state index contributed by atoms with van der Waals surface area (Å²) >= 11 is 12.5. The van der Waals surface area contributed by atoms with E-state index in [-0.39, 0.29) is 16.5 Å². The number of tetrazole rings is 1. The highest BCUT2D eigenvalue weighted by atomic mass is 35.5. The Hall–Kier alpha value is -2.82. The van der Waals surface area contributed by atoms with Crippen LogP contribution in [0.1, 0.15) is 18.7 Å². The first-order valence-corrected chi connectivity index (χ1v) is 9.05. The van der Waals surface area contributed by atoms with Crippen LogP contribution in [-0.2, 0) is 7.05 Å². The summed E-state index contributed by atoms with van der Waals surface area (Å²) in [5, 5.41) is 24.4. The molecule has 0 spiro atoms. The molecule has 2 amide bonds. The minimum absolute atomic E-state index is 0.00347. The molecule has 2 aromatic heterocycles. The molecule has 9 nitrogen and oxygen atoms in total. The van der Waals surface area contributed by atoms with Crippen molar-refractivity contribution in [2.45, 2.75) is 13.0 Å². The fraction of sp³-hybridized carbons (Fsp3) is 0.235. The van der Waals surface area contributed by atoms with Gasteiger partial charge in [-0.2, -0.15) is 4.80 Å². The number of nitrogens with zero attached hydrogens (tertiary/aromatic N) is 6. The summed E-state index contributed by atoms with van der Waals surface area (Å²) in [7, 11) is 2.76. The van der Waals surface area contributed by atoms with Crippen LogP contribution < -0.4 is 5.32 Å². The molecule has 1 unspecified atom stereocenters. The van der Waals surface area contributed by atoms with E-state index in [1.807, 2.05) is 0 Å². The molecule has 2 N–H and O–H groups in total. The lowest BCUT2D eigenvalue weighted by molar-refractivity contribution is -0.0193. The summed E-state index contributed by atoms with van der Waals surface area (Å²) in [6.07, 6.45) is 1.42. The number of amides is 2. The molecule has 0 fully saturated rings. The van der Waals surface area contributed by atoms with Crippen molar-refractivity contribution in [2.75, 3.05) is 7.05 Å². The van der Waals surface area contributed by atoms with Gasteiger partial charge in [0, 0.05) is 29.4 Å². The third-order valence-electron chi connectivity index (χ3n) is 4.01. The number of pyridine rings is 1. The number of nitrogens with one attached hydrogen (secondary N) is 1. The monoisotopic (exact) mass is 439 g/mol. The zero-order valence-electron chi connectivity index (χ0n) is 15.6. The van der Waals surface area contributed by atoms with Crippen molar-refractivity contribution in [3.63, 3.8) is 0 Å². The minimum Gasteiger partial charge on any atom is -0.328 e. The van der Waals surface area contributed by atoms with E-state index in [1.54, 1.807) is 13.1 Å². The van der Waals surface area contributed by atoms with Gasteiger partial charge in [-0.3, -0.25) is 10.2 Å². The van der Waals surface area contributed by atoms with Crippen LogP contribution in [-0.4, -0.2) is 48.5 Å². The van der Waals surface area contributed by atoms with Crippen LogP contribution in [0.2, 0.25) is 10.0 Å². The molecule has 0 aliphatic rings. The largest absolute Gasteiger partial charge is 0.341 e. The van der Waals surface area contributed by atoms with E-state index >= 15 is 0 Å². The maximum absolute atomic E-state index is 14.8. The quantitative estimate of drug-likeness (QED) is 0.475. The van der Waals surface area contributed by atoms with Crippen molar-refractivity contribution in [1.29, 1.82) is 0 Å². The molecule has 0 bridgehead atoms. The Labute approximate surface area is 175 Å². The summed E-state index contributed by atoms with van der Waals surface area (Å²) in [6, 6.07) is 2.80. The fourth-order valence-corrected chi connectivity index (χ4v) is 3.25. The van der Waals surface area contributed by atoms with Crippen LogP contribution in [0.5, 0.6) is 0 Å². The number of carbonyl (C=O) groups is 1. The molecule has 1 atom stereocenters. The lowest BCUT2D eigenvalue weighted by Crippen LogP contribution is -2.37. The van der Waals surface area contributed by atoms with Gasteiger partial charge in [0.2, 0.25) is 5.82 Å². The average molecular weight is 440 g/mol. The molecule has 0 saturated heterocycles. The number of aryl methyl sites for hydroxylation is 1. The van der Waals surface area contributed by atoms with Gasteiger partial charge in [-0.15, -0.1) is 10.2 Å². The molecule has 0 aliphatic heterocycles. The molecular weight excluding hydrogens is 424 g/mol. The summed E-state index contributed by atoms with van der Waals surface area (Å²) in [5.41, 5.74) is 1.29. The average Bonchev–Trinajstić information content (AvgIpc) is 3.06. The standard InChI is InChI=1S/C17H16Cl2FN7O2/c1-8(22-17(28)26(2)29)15-13(20)4-9(7-21-15)11-5-10(18)6-12(19)14(11)16-23-25-27(3)24-16/h4-8,29H,1-3H3,(H,22,28). The smallest absolute Gasteiger partial charge is 0.328 e. The second-order valence-electron chi connectivity index (χ2n) is 6.20. The van der Waals surface area contributed by atoms with Crippen LogP contribution in [0.3, 0.4) is 0 Å². The normalized spacial score (nSPS) is 12.0. The van der Waals surface area contributed by atoms with Crippen molar-refractivity contribution in [1.82, 2.24) is 35.6 Å². The van der Waals surface area contributed by atoms with E-state index < -0.39 is 17.9 Å². The number of hydroxylamine groups is 2. The van der Waals surface area contributed by atoms with Crippen molar-refractivity contribution < 1.29 is 14.4 Å².